The molecule has 0 unspecified atom stereocenters. The number of aromatic nitrogens is 3. The highest BCUT2D eigenvalue weighted by atomic mass is 15.5. The molecule has 0 atom stereocenters. The fourth-order valence-corrected chi connectivity index (χ4v) is 2.08. The third-order valence-electron chi connectivity index (χ3n) is 2.94. The van der Waals surface area contributed by atoms with Gasteiger partial charge in [-0.1, -0.05) is 12.1 Å². The van der Waals surface area contributed by atoms with Crippen molar-refractivity contribution in [2.45, 2.75) is 18.9 Å². The van der Waals surface area contributed by atoms with Gasteiger partial charge in [-0.15, -0.1) is 0 Å². The minimum Gasteiger partial charge on any atom is -0.317 e. The molecule has 2 aromatic rings. The van der Waals surface area contributed by atoms with Crippen LogP contribution in [-0.4, -0.2) is 28.1 Å². The molecule has 0 spiro atoms. The first-order valence-corrected chi connectivity index (χ1v) is 5.46. The Kier molecular flexibility index (Phi) is 2.14. The Hall–Kier alpha value is -1.42. The summed E-state index contributed by atoms with van der Waals surface area (Å²) < 4.78 is 0. The van der Waals surface area contributed by atoms with Gasteiger partial charge in [0.2, 0.25) is 0 Å². The predicted molar refractivity (Wildman–Crippen MR) is 58.7 cm³/mol. The van der Waals surface area contributed by atoms with Crippen LogP contribution < -0.4 is 5.32 Å². The van der Waals surface area contributed by atoms with E-state index in [4.69, 9.17) is 0 Å². The minimum absolute atomic E-state index is 0.471. The molecule has 0 saturated carbocycles. The SMILES string of the molecule is c1ccc2nn(C3CCNCC3)nc2c1. The summed E-state index contributed by atoms with van der Waals surface area (Å²) in [5, 5.41) is 12.4. The number of hydrogen-bond acceptors (Lipinski definition) is 3. The average Bonchev–Trinajstić information content (AvgIpc) is 2.74. The number of hydrogen-bond donors (Lipinski definition) is 1. The van der Waals surface area contributed by atoms with Gasteiger partial charge in [0.05, 0.1) is 6.04 Å². The third kappa shape index (κ3) is 1.61. The molecule has 1 fully saturated rings. The van der Waals surface area contributed by atoms with Crippen LogP contribution in [0.3, 0.4) is 0 Å². The lowest BCUT2D eigenvalue weighted by Gasteiger charge is -2.21. The van der Waals surface area contributed by atoms with Crippen LogP contribution in [-0.2, 0) is 0 Å². The van der Waals surface area contributed by atoms with Gasteiger partial charge in [-0.25, -0.2) is 0 Å². The summed E-state index contributed by atoms with van der Waals surface area (Å²) >= 11 is 0. The van der Waals surface area contributed by atoms with E-state index < -0.39 is 0 Å². The topological polar surface area (TPSA) is 42.7 Å². The first-order chi connectivity index (χ1) is 7.43. The second-order valence-corrected chi connectivity index (χ2v) is 3.99. The van der Waals surface area contributed by atoms with Gasteiger partial charge >= 0.3 is 0 Å². The Morgan fingerprint density at radius 1 is 1.07 bits per heavy atom. The van der Waals surface area contributed by atoms with Crippen LogP contribution >= 0.6 is 0 Å². The van der Waals surface area contributed by atoms with Crippen molar-refractivity contribution in [3.63, 3.8) is 0 Å². The van der Waals surface area contributed by atoms with Crippen LogP contribution in [0.1, 0.15) is 18.9 Å². The molecule has 15 heavy (non-hydrogen) atoms. The molecule has 2 heterocycles. The van der Waals surface area contributed by atoms with E-state index in [1.54, 1.807) is 0 Å². The standard InChI is InChI=1S/C11H14N4/c1-2-4-11-10(3-1)13-15(14-11)9-5-7-12-8-6-9/h1-4,9,12H,5-8H2. The van der Waals surface area contributed by atoms with Gasteiger partial charge < -0.3 is 5.32 Å². The molecule has 0 aliphatic carbocycles. The lowest BCUT2D eigenvalue weighted by atomic mass is 10.1. The van der Waals surface area contributed by atoms with Gasteiger partial charge in [-0.05, 0) is 38.1 Å². The van der Waals surface area contributed by atoms with Crippen molar-refractivity contribution in [3.05, 3.63) is 24.3 Å². The van der Waals surface area contributed by atoms with Gasteiger partial charge in [0.1, 0.15) is 11.0 Å². The summed E-state index contributed by atoms with van der Waals surface area (Å²) in [5.74, 6) is 0. The van der Waals surface area contributed by atoms with E-state index in [2.05, 4.69) is 15.5 Å². The first kappa shape index (κ1) is 8.85. The smallest absolute Gasteiger partial charge is 0.113 e. The van der Waals surface area contributed by atoms with Gasteiger partial charge in [0.25, 0.3) is 0 Å². The first-order valence-electron chi connectivity index (χ1n) is 5.46. The summed E-state index contributed by atoms with van der Waals surface area (Å²) in [4.78, 5) is 1.89. The molecule has 1 aromatic carbocycles. The van der Waals surface area contributed by atoms with Crippen molar-refractivity contribution in [2.24, 2.45) is 0 Å². The van der Waals surface area contributed by atoms with Crippen LogP contribution in [0.2, 0.25) is 0 Å². The van der Waals surface area contributed by atoms with Gasteiger partial charge in [0, 0.05) is 0 Å². The molecule has 1 aliphatic rings. The summed E-state index contributed by atoms with van der Waals surface area (Å²) in [6.45, 7) is 2.14. The molecule has 78 valence electrons. The Morgan fingerprint density at radius 3 is 2.27 bits per heavy atom. The number of rotatable bonds is 1. The quantitative estimate of drug-likeness (QED) is 0.759. The van der Waals surface area contributed by atoms with Crippen molar-refractivity contribution >= 4 is 11.0 Å². The van der Waals surface area contributed by atoms with E-state index in [0.717, 1.165) is 37.0 Å². The molecule has 0 amide bonds. The molecule has 1 aromatic heterocycles. The van der Waals surface area contributed by atoms with Gasteiger partial charge in [0.15, 0.2) is 0 Å². The molecule has 1 N–H and O–H groups in total. The van der Waals surface area contributed by atoms with Crippen molar-refractivity contribution in [1.29, 1.82) is 0 Å². The van der Waals surface area contributed by atoms with E-state index in [1.165, 1.54) is 0 Å². The lowest BCUT2D eigenvalue weighted by Crippen LogP contribution is -2.30. The van der Waals surface area contributed by atoms with Crippen molar-refractivity contribution < 1.29 is 0 Å². The van der Waals surface area contributed by atoms with Crippen LogP contribution in [0, 0.1) is 0 Å². The summed E-state index contributed by atoms with van der Waals surface area (Å²) in [7, 11) is 0. The van der Waals surface area contributed by atoms with E-state index in [1.807, 2.05) is 29.1 Å². The zero-order valence-electron chi connectivity index (χ0n) is 8.56. The van der Waals surface area contributed by atoms with Crippen LogP contribution in [0.5, 0.6) is 0 Å². The zero-order chi connectivity index (χ0) is 10.1. The summed E-state index contributed by atoms with van der Waals surface area (Å²) in [5.41, 5.74) is 1.99. The number of fused-ring (bicyclic) bond motifs is 1. The molecule has 0 radical (unpaired) electrons. The van der Waals surface area contributed by atoms with Gasteiger partial charge in [-0.3, -0.25) is 0 Å². The normalized spacial score (nSPS) is 18.4. The van der Waals surface area contributed by atoms with E-state index >= 15 is 0 Å². The van der Waals surface area contributed by atoms with Crippen molar-refractivity contribution in [2.75, 3.05) is 13.1 Å². The van der Waals surface area contributed by atoms with Crippen molar-refractivity contribution in [3.8, 4) is 0 Å². The second-order valence-electron chi connectivity index (χ2n) is 3.99. The largest absolute Gasteiger partial charge is 0.317 e. The molecule has 3 rings (SSSR count). The Balaban J connectivity index is 1.96. The number of nitrogens with zero attached hydrogens (tertiary/aromatic N) is 3. The number of piperidine rings is 1. The summed E-state index contributed by atoms with van der Waals surface area (Å²) in [6, 6.07) is 8.51. The third-order valence-corrected chi connectivity index (χ3v) is 2.94. The molecular formula is C11H14N4. The highest BCUT2D eigenvalue weighted by Crippen LogP contribution is 2.18. The summed E-state index contributed by atoms with van der Waals surface area (Å²) in [6.07, 6.45) is 2.25. The van der Waals surface area contributed by atoms with Crippen LogP contribution in [0.4, 0.5) is 0 Å². The van der Waals surface area contributed by atoms with Crippen LogP contribution in [0.25, 0.3) is 11.0 Å². The molecular weight excluding hydrogens is 188 g/mol. The van der Waals surface area contributed by atoms with Gasteiger partial charge in [-0.2, -0.15) is 15.0 Å². The highest BCUT2D eigenvalue weighted by molar-refractivity contribution is 5.72. The average molecular weight is 202 g/mol. The Labute approximate surface area is 88.3 Å². The van der Waals surface area contributed by atoms with E-state index in [0.29, 0.717) is 6.04 Å². The minimum atomic E-state index is 0.471. The maximum absolute atomic E-state index is 4.51. The fourth-order valence-electron chi connectivity index (χ4n) is 2.08. The molecule has 0 bridgehead atoms. The lowest BCUT2D eigenvalue weighted by molar-refractivity contribution is 0.316. The monoisotopic (exact) mass is 202 g/mol. The number of nitrogens with one attached hydrogen (secondary N) is 1. The predicted octanol–water partition coefficient (Wildman–Crippen LogP) is 1.36. The Bertz CT molecular complexity index is 423. The zero-order valence-corrected chi connectivity index (χ0v) is 8.56. The van der Waals surface area contributed by atoms with Crippen molar-refractivity contribution in [1.82, 2.24) is 20.3 Å². The van der Waals surface area contributed by atoms with E-state index in [-0.39, 0.29) is 0 Å². The highest BCUT2D eigenvalue weighted by Gasteiger charge is 2.16. The fraction of sp³-hybridized carbons (Fsp3) is 0.455. The second kappa shape index (κ2) is 3.62. The number of benzene rings is 1. The van der Waals surface area contributed by atoms with E-state index in [9.17, 15) is 0 Å². The molecule has 4 heteroatoms. The molecule has 1 aliphatic heterocycles. The maximum Gasteiger partial charge on any atom is 0.113 e. The molecule has 1 saturated heterocycles. The maximum atomic E-state index is 4.51. The molecule has 4 nitrogen and oxygen atoms in total. The van der Waals surface area contributed by atoms with Crippen LogP contribution in [0.15, 0.2) is 24.3 Å². The Morgan fingerprint density at radius 2 is 1.67 bits per heavy atom.